The van der Waals surface area contributed by atoms with Gasteiger partial charge in [0, 0.05) is 4.90 Å². The lowest BCUT2D eigenvalue weighted by atomic mass is 10.2. The Bertz CT molecular complexity index is 1210. The molecular weight excluding hydrogens is 486 g/mol. The summed E-state index contributed by atoms with van der Waals surface area (Å²) in [6.07, 6.45) is -2.55. The molecule has 4 rings (SSSR count). The van der Waals surface area contributed by atoms with Gasteiger partial charge in [-0.1, -0.05) is 56.4 Å². The molecule has 0 fully saturated rings. The number of nitrogens with one attached hydrogen (secondary N) is 1. The van der Waals surface area contributed by atoms with Crippen molar-refractivity contribution in [3.8, 4) is 5.95 Å². The first-order valence-electron chi connectivity index (χ1n) is 8.94. The molecular formula is C21H16Cl2F3N3S2. The Morgan fingerprint density at radius 3 is 2.61 bits per heavy atom. The SMILES string of the molecule is Cc1ccc[n+](-c2nc3cc(C(F)(F)F)ccc3[nH]2)c1CSSc1ccccc1Cl.[Cl-]. The van der Waals surface area contributed by atoms with Crippen molar-refractivity contribution in [1.29, 1.82) is 0 Å². The summed E-state index contributed by atoms with van der Waals surface area (Å²) in [7, 11) is 3.21. The third-order valence-corrected chi connectivity index (χ3v) is 7.27. The van der Waals surface area contributed by atoms with Crippen molar-refractivity contribution in [3.63, 3.8) is 0 Å². The van der Waals surface area contributed by atoms with Crippen LogP contribution in [0.1, 0.15) is 16.8 Å². The van der Waals surface area contributed by atoms with Crippen molar-refractivity contribution in [2.45, 2.75) is 23.7 Å². The van der Waals surface area contributed by atoms with E-state index < -0.39 is 11.7 Å². The lowest BCUT2D eigenvalue weighted by molar-refractivity contribution is -0.610. The Kier molecular flexibility index (Phi) is 7.47. The molecule has 0 radical (unpaired) electrons. The normalized spacial score (nSPS) is 11.5. The average Bonchev–Trinajstić information content (AvgIpc) is 3.13. The molecule has 4 aromatic rings. The molecule has 3 nitrogen and oxygen atoms in total. The fourth-order valence-corrected chi connectivity index (χ4v) is 5.64. The van der Waals surface area contributed by atoms with Gasteiger partial charge in [0.1, 0.15) is 5.52 Å². The monoisotopic (exact) mass is 501 g/mol. The summed E-state index contributed by atoms with van der Waals surface area (Å²) in [5.74, 6) is 1.14. The Morgan fingerprint density at radius 2 is 1.87 bits per heavy atom. The number of rotatable bonds is 5. The molecule has 2 aromatic carbocycles. The Hall–Kier alpha value is -1.87. The lowest BCUT2D eigenvalue weighted by Crippen LogP contribution is -3.00. The second-order valence-corrected chi connectivity index (χ2v) is 9.32. The second kappa shape index (κ2) is 9.73. The summed E-state index contributed by atoms with van der Waals surface area (Å²) < 4.78 is 40.9. The van der Waals surface area contributed by atoms with Crippen molar-refractivity contribution >= 4 is 44.2 Å². The van der Waals surface area contributed by atoms with Gasteiger partial charge in [-0.2, -0.15) is 13.2 Å². The lowest BCUT2D eigenvalue weighted by Gasteiger charge is -2.08. The molecule has 0 aliphatic rings. The summed E-state index contributed by atoms with van der Waals surface area (Å²) >= 11 is 6.22. The van der Waals surface area contributed by atoms with Crippen LogP contribution in [0.25, 0.3) is 17.0 Å². The minimum Gasteiger partial charge on any atom is -1.00 e. The van der Waals surface area contributed by atoms with Crippen molar-refractivity contribution in [1.82, 2.24) is 9.97 Å². The molecule has 0 unspecified atom stereocenters. The maximum absolute atomic E-state index is 13.0. The van der Waals surface area contributed by atoms with Crippen molar-refractivity contribution in [2.24, 2.45) is 0 Å². The number of imidazole rings is 1. The Balaban J connectivity index is 0.00000272. The third-order valence-electron chi connectivity index (χ3n) is 4.53. The van der Waals surface area contributed by atoms with Gasteiger partial charge < -0.3 is 12.4 Å². The van der Waals surface area contributed by atoms with E-state index in [1.54, 1.807) is 21.6 Å². The molecule has 10 heteroatoms. The van der Waals surface area contributed by atoms with Crippen LogP contribution < -0.4 is 17.0 Å². The molecule has 162 valence electrons. The van der Waals surface area contributed by atoms with Gasteiger partial charge >= 0.3 is 12.1 Å². The van der Waals surface area contributed by atoms with Gasteiger partial charge in [-0.3, -0.25) is 0 Å². The molecule has 31 heavy (non-hydrogen) atoms. The molecule has 0 spiro atoms. The van der Waals surface area contributed by atoms with Crippen LogP contribution in [0.4, 0.5) is 13.2 Å². The number of fused-ring (bicyclic) bond motifs is 1. The first kappa shape index (κ1) is 23.8. The highest BCUT2D eigenvalue weighted by Crippen LogP contribution is 2.37. The Labute approximate surface area is 196 Å². The number of hydrogen-bond acceptors (Lipinski definition) is 3. The fraction of sp³-hybridized carbons (Fsp3) is 0.143. The van der Waals surface area contributed by atoms with E-state index in [0.717, 1.165) is 28.3 Å². The number of pyridine rings is 1. The van der Waals surface area contributed by atoms with Gasteiger partial charge in [0.05, 0.1) is 28.2 Å². The van der Waals surface area contributed by atoms with E-state index in [2.05, 4.69) is 9.97 Å². The highest BCUT2D eigenvalue weighted by Gasteiger charge is 2.31. The molecule has 0 saturated carbocycles. The zero-order valence-electron chi connectivity index (χ0n) is 16.1. The highest BCUT2D eigenvalue weighted by atomic mass is 35.5. The molecule has 0 atom stereocenters. The average molecular weight is 502 g/mol. The van der Waals surface area contributed by atoms with Gasteiger partial charge in [0.2, 0.25) is 0 Å². The zero-order chi connectivity index (χ0) is 21.3. The van der Waals surface area contributed by atoms with Crippen LogP contribution in [0.15, 0.2) is 65.7 Å². The van der Waals surface area contributed by atoms with Crippen LogP contribution >= 0.6 is 33.2 Å². The molecule has 0 aliphatic carbocycles. The van der Waals surface area contributed by atoms with E-state index in [0.29, 0.717) is 22.2 Å². The first-order chi connectivity index (χ1) is 14.3. The molecule has 1 N–H and O–H groups in total. The first-order valence-corrected chi connectivity index (χ1v) is 11.6. The summed E-state index contributed by atoms with van der Waals surface area (Å²) in [5.41, 5.74) is 2.17. The number of aromatic nitrogens is 3. The van der Waals surface area contributed by atoms with Crippen molar-refractivity contribution in [3.05, 3.63) is 82.6 Å². The van der Waals surface area contributed by atoms with Gasteiger partial charge in [-0.15, -0.1) is 0 Å². The fourth-order valence-electron chi connectivity index (χ4n) is 2.98. The summed E-state index contributed by atoms with van der Waals surface area (Å²) in [6.45, 7) is 2.00. The molecule has 2 heterocycles. The number of nitrogens with zero attached hydrogens (tertiary/aromatic N) is 2. The topological polar surface area (TPSA) is 32.6 Å². The molecule has 0 bridgehead atoms. The molecule has 0 amide bonds. The van der Waals surface area contributed by atoms with Gasteiger partial charge in [0.15, 0.2) is 5.52 Å². The van der Waals surface area contributed by atoms with Crippen LogP contribution in [0.5, 0.6) is 0 Å². The smallest absolute Gasteiger partial charge is 0.416 e. The van der Waals surface area contributed by atoms with E-state index in [1.807, 2.05) is 54.1 Å². The van der Waals surface area contributed by atoms with Gasteiger partial charge in [-0.05, 0) is 48.9 Å². The van der Waals surface area contributed by atoms with Gasteiger partial charge in [0.25, 0.3) is 0 Å². The largest absolute Gasteiger partial charge is 1.00 e. The quantitative estimate of drug-likeness (QED) is 0.333. The number of alkyl halides is 3. The van der Waals surface area contributed by atoms with E-state index in [4.69, 9.17) is 11.6 Å². The predicted molar refractivity (Wildman–Crippen MR) is 116 cm³/mol. The molecule has 0 aliphatic heterocycles. The van der Waals surface area contributed by atoms with E-state index in [1.165, 1.54) is 6.07 Å². The highest BCUT2D eigenvalue weighted by molar-refractivity contribution is 8.76. The van der Waals surface area contributed by atoms with Crippen molar-refractivity contribution in [2.75, 3.05) is 0 Å². The standard InChI is InChI=1S/C21H16ClF3N3S2.ClH/c1-13-5-4-10-28(18(13)12-29-30-19-7-3-2-6-15(19)22)20-26-16-9-8-14(21(23,24)25)11-17(16)27-20;/h2-11H,12H2,1H3,(H,26,27);1H/q+1;/p-1. The van der Waals surface area contributed by atoms with Crippen LogP contribution in [0.2, 0.25) is 5.02 Å². The number of H-pyrrole nitrogens is 1. The number of hydrogen-bond donors (Lipinski definition) is 1. The van der Waals surface area contributed by atoms with E-state index >= 15 is 0 Å². The minimum atomic E-state index is -4.40. The Morgan fingerprint density at radius 1 is 1.10 bits per heavy atom. The van der Waals surface area contributed by atoms with E-state index in [9.17, 15) is 13.2 Å². The summed E-state index contributed by atoms with van der Waals surface area (Å²) in [5, 5.41) is 0.699. The molecule has 0 saturated heterocycles. The number of aryl methyl sites for hydroxylation is 1. The van der Waals surface area contributed by atoms with E-state index in [-0.39, 0.29) is 17.9 Å². The minimum absolute atomic E-state index is 0. The number of benzene rings is 2. The summed E-state index contributed by atoms with van der Waals surface area (Å²) in [6, 6.07) is 15.0. The zero-order valence-corrected chi connectivity index (χ0v) is 19.2. The third kappa shape index (κ3) is 5.31. The van der Waals surface area contributed by atoms with Crippen LogP contribution in [0.3, 0.4) is 0 Å². The van der Waals surface area contributed by atoms with Crippen molar-refractivity contribution < 1.29 is 30.1 Å². The van der Waals surface area contributed by atoms with Gasteiger partial charge in [-0.25, -0.2) is 9.55 Å². The summed E-state index contributed by atoms with van der Waals surface area (Å²) in [4.78, 5) is 8.51. The van der Waals surface area contributed by atoms with Crippen LogP contribution in [-0.4, -0.2) is 9.97 Å². The predicted octanol–water partition coefficient (Wildman–Crippen LogP) is 3.76. The second-order valence-electron chi connectivity index (χ2n) is 6.57. The maximum atomic E-state index is 13.0. The molecule has 2 aromatic heterocycles. The number of halogens is 5. The van der Waals surface area contributed by atoms with Crippen LogP contribution in [-0.2, 0) is 11.9 Å². The number of aromatic amines is 1. The maximum Gasteiger partial charge on any atom is 0.416 e. The van der Waals surface area contributed by atoms with Crippen LogP contribution in [0, 0.1) is 6.92 Å².